The normalized spacial score (nSPS) is 10.7. The van der Waals surface area contributed by atoms with E-state index in [-0.39, 0.29) is 6.61 Å². The van der Waals surface area contributed by atoms with Crippen LogP contribution in [0.3, 0.4) is 0 Å². The van der Waals surface area contributed by atoms with Crippen LogP contribution in [0.15, 0.2) is 48.5 Å². The first kappa shape index (κ1) is 16.4. The SMILES string of the molecule is Cc1cc(C=CCNC(=O)OCc2ccccc2)cc(N)c1N. The van der Waals surface area contributed by atoms with Gasteiger partial charge in [-0.2, -0.15) is 0 Å². The zero-order valence-corrected chi connectivity index (χ0v) is 13.1. The van der Waals surface area contributed by atoms with Gasteiger partial charge in [0.25, 0.3) is 0 Å². The maximum atomic E-state index is 11.6. The van der Waals surface area contributed by atoms with Gasteiger partial charge in [0, 0.05) is 6.54 Å². The maximum absolute atomic E-state index is 11.6. The lowest BCUT2D eigenvalue weighted by Crippen LogP contribution is -2.24. The van der Waals surface area contributed by atoms with Crippen molar-refractivity contribution in [3.8, 4) is 0 Å². The zero-order valence-electron chi connectivity index (χ0n) is 13.1. The second kappa shape index (κ2) is 7.89. The Hall–Kier alpha value is -2.95. The predicted octanol–water partition coefficient (Wildman–Crippen LogP) is 3.10. The van der Waals surface area contributed by atoms with Gasteiger partial charge in [0.1, 0.15) is 6.61 Å². The van der Waals surface area contributed by atoms with Crippen LogP contribution in [-0.2, 0) is 11.3 Å². The van der Waals surface area contributed by atoms with E-state index in [0.717, 1.165) is 16.7 Å². The van der Waals surface area contributed by atoms with Crippen molar-refractivity contribution in [2.75, 3.05) is 18.0 Å². The quantitative estimate of drug-likeness (QED) is 0.740. The van der Waals surface area contributed by atoms with Crippen LogP contribution in [-0.4, -0.2) is 12.6 Å². The topological polar surface area (TPSA) is 90.4 Å². The van der Waals surface area contributed by atoms with E-state index in [4.69, 9.17) is 16.2 Å². The molecule has 0 fully saturated rings. The van der Waals surface area contributed by atoms with E-state index in [0.29, 0.717) is 17.9 Å². The van der Waals surface area contributed by atoms with Crippen LogP contribution in [0.25, 0.3) is 6.08 Å². The van der Waals surface area contributed by atoms with E-state index in [1.807, 2.05) is 55.5 Å². The summed E-state index contributed by atoms with van der Waals surface area (Å²) in [6.07, 6.45) is 3.25. The molecule has 0 heterocycles. The molecule has 120 valence electrons. The molecule has 0 spiro atoms. The van der Waals surface area contributed by atoms with Gasteiger partial charge in [-0.1, -0.05) is 42.5 Å². The number of nitrogen functional groups attached to an aromatic ring is 2. The molecule has 0 aliphatic heterocycles. The van der Waals surface area contributed by atoms with Crippen molar-refractivity contribution < 1.29 is 9.53 Å². The largest absolute Gasteiger partial charge is 0.445 e. The number of benzene rings is 2. The van der Waals surface area contributed by atoms with Gasteiger partial charge in [-0.25, -0.2) is 4.79 Å². The lowest BCUT2D eigenvalue weighted by atomic mass is 10.1. The summed E-state index contributed by atoms with van der Waals surface area (Å²) >= 11 is 0. The molecule has 0 aliphatic carbocycles. The summed E-state index contributed by atoms with van der Waals surface area (Å²) in [5.41, 5.74) is 15.6. The number of alkyl carbamates (subject to hydrolysis) is 1. The Morgan fingerprint density at radius 1 is 1.22 bits per heavy atom. The molecule has 5 heteroatoms. The Balaban J connectivity index is 1.77. The van der Waals surface area contributed by atoms with E-state index in [1.165, 1.54) is 0 Å². The second-order valence-electron chi connectivity index (χ2n) is 5.19. The fraction of sp³-hybridized carbons (Fsp3) is 0.167. The summed E-state index contributed by atoms with van der Waals surface area (Å²) < 4.78 is 5.11. The molecule has 0 atom stereocenters. The molecule has 2 rings (SSSR count). The first-order chi connectivity index (χ1) is 11.1. The van der Waals surface area contributed by atoms with Crippen molar-refractivity contribution in [3.05, 3.63) is 65.2 Å². The van der Waals surface area contributed by atoms with Gasteiger partial charge in [-0.15, -0.1) is 0 Å². The van der Waals surface area contributed by atoms with Gasteiger partial charge in [0.05, 0.1) is 11.4 Å². The van der Waals surface area contributed by atoms with E-state index in [2.05, 4.69) is 5.32 Å². The monoisotopic (exact) mass is 311 g/mol. The number of amides is 1. The summed E-state index contributed by atoms with van der Waals surface area (Å²) in [4.78, 5) is 11.6. The summed E-state index contributed by atoms with van der Waals surface area (Å²) in [5, 5.41) is 2.66. The van der Waals surface area contributed by atoms with Crippen molar-refractivity contribution in [2.45, 2.75) is 13.5 Å². The van der Waals surface area contributed by atoms with Gasteiger partial charge in [-0.3, -0.25) is 0 Å². The average molecular weight is 311 g/mol. The average Bonchev–Trinajstić information content (AvgIpc) is 2.55. The molecule has 2 aromatic carbocycles. The summed E-state index contributed by atoms with van der Waals surface area (Å²) in [6.45, 7) is 2.53. The standard InChI is InChI=1S/C18H21N3O2/c1-13-10-15(11-16(19)17(13)20)8-5-9-21-18(22)23-12-14-6-3-2-4-7-14/h2-8,10-11H,9,12,19-20H2,1H3,(H,21,22). The molecular formula is C18H21N3O2. The summed E-state index contributed by atoms with van der Waals surface area (Å²) in [7, 11) is 0. The van der Waals surface area contributed by atoms with E-state index in [1.54, 1.807) is 6.07 Å². The number of aryl methyl sites for hydroxylation is 1. The molecule has 1 amide bonds. The molecule has 0 saturated heterocycles. The van der Waals surface area contributed by atoms with Crippen LogP contribution in [0.5, 0.6) is 0 Å². The van der Waals surface area contributed by atoms with Crippen molar-refractivity contribution in [3.63, 3.8) is 0 Å². The number of carbonyl (C=O) groups is 1. The Bertz CT molecular complexity index is 674. The molecule has 0 bridgehead atoms. The minimum Gasteiger partial charge on any atom is -0.445 e. The number of hydrogen-bond acceptors (Lipinski definition) is 4. The highest BCUT2D eigenvalue weighted by Gasteiger charge is 2.01. The second-order valence-corrected chi connectivity index (χ2v) is 5.19. The van der Waals surface area contributed by atoms with Gasteiger partial charge < -0.3 is 21.5 Å². The van der Waals surface area contributed by atoms with Crippen LogP contribution in [0, 0.1) is 6.92 Å². The third kappa shape index (κ3) is 5.07. The van der Waals surface area contributed by atoms with Crippen molar-refractivity contribution >= 4 is 23.5 Å². The Morgan fingerprint density at radius 2 is 1.96 bits per heavy atom. The van der Waals surface area contributed by atoms with Gasteiger partial charge in [0.15, 0.2) is 0 Å². The van der Waals surface area contributed by atoms with E-state index in [9.17, 15) is 4.79 Å². The predicted molar refractivity (Wildman–Crippen MR) is 93.7 cm³/mol. The van der Waals surface area contributed by atoms with Crippen LogP contribution in [0.1, 0.15) is 16.7 Å². The van der Waals surface area contributed by atoms with Gasteiger partial charge in [-0.05, 0) is 35.7 Å². The molecule has 0 saturated carbocycles. The molecule has 0 aliphatic rings. The molecule has 5 N–H and O–H groups in total. The molecular weight excluding hydrogens is 290 g/mol. The van der Waals surface area contributed by atoms with Crippen LogP contribution in [0.4, 0.5) is 16.2 Å². The maximum Gasteiger partial charge on any atom is 0.407 e. The smallest absolute Gasteiger partial charge is 0.407 e. The number of ether oxygens (including phenoxy) is 1. The van der Waals surface area contributed by atoms with Gasteiger partial charge >= 0.3 is 6.09 Å². The number of nitrogens with two attached hydrogens (primary N) is 2. The molecule has 5 nitrogen and oxygen atoms in total. The van der Waals surface area contributed by atoms with Crippen LogP contribution in [0.2, 0.25) is 0 Å². The Morgan fingerprint density at radius 3 is 2.65 bits per heavy atom. The lowest BCUT2D eigenvalue weighted by molar-refractivity contribution is 0.141. The summed E-state index contributed by atoms with van der Waals surface area (Å²) in [6, 6.07) is 13.3. The van der Waals surface area contributed by atoms with Crippen molar-refractivity contribution in [1.82, 2.24) is 5.32 Å². The first-order valence-corrected chi connectivity index (χ1v) is 7.33. The van der Waals surface area contributed by atoms with E-state index < -0.39 is 6.09 Å². The number of nitrogens with one attached hydrogen (secondary N) is 1. The van der Waals surface area contributed by atoms with Crippen molar-refractivity contribution in [1.29, 1.82) is 0 Å². The van der Waals surface area contributed by atoms with Crippen LogP contribution < -0.4 is 16.8 Å². The lowest BCUT2D eigenvalue weighted by Gasteiger charge is -2.06. The molecule has 0 aromatic heterocycles. The number of rotatable bonds is 5. The number of anilines is 2. The number of hydrogen-bond donors (Lipinski definition) is 3. The van der Waals surface area contributed by atoms with Crippen LogP contribution >= 0.6 is 0 Å². The highest BCUT2D eigenvalue weighted by atomic mass is 16.5. The molecule has 2 aromatic rings. The Kier molecular flexibility index (Phi) is 5.63. The Labute approximate surface area is 135 Å². The molecule has 0 radical (unpaired) electrons. The molecule has 23 heavy (non-hydrogen) atoms. The summed E-state index contributed by atoms with van der Waals surface area (Å²) in [5.74, 6) is 0. The van der Waals surface area contributed by atoms with Gasteiger partial charge in [0.2, 0.25) is 0 Å². The third-order valence-corrected chi connectivity index (χ3v) is 3.33. The van der Waals surface area contributed by atoms with Crippen molar-refractivity contribution in [2.24, 2.45) is 0 Å². The highest BCUT2D eigenvalue weighted by Crippen LogP contribution is 2.22. The minimum absolute atomic E-state index is 0.254. The van der Waals surface area contributed by atoms with E-state index >= 15 is 0 Å². The third-order valence-electron chi connectivity index (χ3n) is 3.33. The fourth-order valence-corrected chi connectivity index (χ4v) is 2.06. The number of carbonyl (C=O) groups excluding carboxylic acids is 1. The highest BCUT2D eigenvalue weighted by molar-refractivity contribution is 5.72. The minimum atomic E-state index is -0.452. The fourth-order valence-electron chi connectivity index (χ4n) is 2.06. The molecule has 0 unspecified atom stereocenters. The first-order valence-electron chi connectivity index (χ1n) is 7.33. The zero-order chi connectivity index (χ0) is 16.7.